The van der Waals surface area contributed by atoms with Crippen molar-refractivity contribution in [1.82, 2.24) is 10.3 Å². The second-order valence-electron chi connectivity index (χ2n) is 5.29. The lowest BCUT2D eigenvalue weighted by Gasteiger charge is -2.37. The first-order valence-corrected chi connectivity index (χ1v) is 6.44. The van der Waals surface area contributed by atoms with Gasteiger partial charge < -0.3 is 15.3 Å². The summed E-state index contributed by atoms with van der Waals surface area (Å²) in [5.74, 6) is 0.454. The van der Waals surface area contributed by atoms with E-state index in [2.05, 4.69) is 22.1 Å². The lowest BCUT2D eigenvalue weighted by atomic mass is 10.1. The number of rotatable bonds is 1. The minimum absolute atomic E-state index is 0.153. The molecule has 3 heterocycles. The fourth-order valence-electron chi connectivity index (χ4n) is 3.02. The Labute approximate surface area is 106 Å². The van der Waals surface area contributed by atoms with Gasteiger partial charge in [-0.1, -0.05) is 0 Å². The molecule has 0 amide bonds. The average Bonchev–Trinajstić information content (AvgIpc) is 2.65. The van der Waals surface area contributed by atoms with Gasteiger partial charge in [0.2, 0.25) is 0 Å². The molecule has 1 unspecified atom stereocenters. The normalized spacial score (nSPS) is 27.9. The van der Waals surface area contributed by atoms with Gasteiger partial charge in [0, 0.05) is 25.2 Å². The molecule has 5 heteroatoms. The number of nitrogens with one attached hydrogen (secondary N) is 1. The van der Waals surface area contributed by atoms with E-state index in [1.807, 2.05) is 0 Å². The zero-order valence-electron chi connectivity index (χ0n) is 10.7. The Hall–Kier alpha value is -1.20. The number of aromatic nitrogens is 1. The molecule has 3 atom stereocenters. The van der Waals surface area contributed by atoms with E-state index in [0.29, 0.717) is 12.1 Å². The van der Waals surface area contributed by atoms with Crippen LogP contribution in [0, 0.1) is 5.82 Å². The van der Waals surface area contributed by atoms with Crippen LogP contribution in [0.25, 0.3) is 0 Å². The second-order valence-corrected chi connectivity index (χ2v) is 5.29. The molecule has 3 rings (SSSR count). The summed E-state index contributed by atoms with van der Waals surface area (Å²) >= 11 is 0. The number of aliphatic hydroxyl groups excluding tert-OH is 1. The number of pyridine rings is 1. The largest absolute Gasteiger partial charge is 0.387 e. The first-order chi connectivity index (χ1) is 8.58. The molecule has 0 saturated carbocycles. The SMILES string of the molecule is CC(O)c1nc2c(cc1F)C[C@@H]1CNC[C@@H](C)N21. The number of fused-ring (bicyclic) bond motifs is 3. The van der Waals surface area contributed by atoms with Crippen molar-refractivity contribution in [2.24, 2.45) is 0 Å². The Balaban J connectivity index is 2.06. The van der Waals surface area contributed by atoms with Crippen LogP contribution in [0.2, 0.25) is 0 Å². The molecule has 4 nitrogen and oxygen atoms in total. The van der Waals surface area contributed by atoms with Gasteiger partial charge in [0.15, 0.2) is 0 Å². The summed E-state index contributed by atoms with van der Waals surface area (Å²) in [4.78, 5) is 6.62. The van der Waals surface area contributed by atoms with Gasteiger partial charge in [-0.05, 0) is 31.9 Å². The van der Waals surface area contributed by atoms with Crippen molar-refractivity contribution in [2.45, 2.75) is 38.5 Å². The Morgan fingerprint density at radius 2 is 2.33 bits per heavy atom. The zero-order chi connectivity index (χ0) is 12.9. The zero-order valence-corrected chi connectivity index (χ0v) is 10.7. The molecule has 2 N–H and O–H groups in total. The third-order valence-corrected chi connectivity index (χ3v) is 3.84. The molecule has 2 aliphatic rings. The van der Waals surface area contributed by atoms with Gasteiger partial charge in [-0.2, -0.15) is 0 Å². The summed E-state index contributed by atoms with van der Waals surface area (Å²) in [6.07, 6.45) is -0.0379. The number of nitrogens with zero attached hydrogens (tertiary/aromatic N) is 2. The number of halogens is 1. The summed E-state index contributed by atoms with van der Waals surface area (Å²) in [6, 6.07) is 2.25. The van der Waals surface area contributed by atoms with Crippen LogP contribution in [-0.2, 0) is 6.42 Å². The lowest BCUT2D eigenvalue weighted by molar-refractivity contribution is 0.188. The highest BCUT2D eigenvalue weighted by Gasteiger charge is 2.37. The van der Waals surface area contributed by atoms with Crippen LogP contribution in [0.1, 0.15) is 31.2 Å². The molecule has 18 heavy (non-hydrogen) atoms. The van der Waals surface area contributed by atoms with Crippen LogP contribution in [0.3, 0.4) is 0 Å². The van der Waals surface area contributed by atoms with Crippen molar-refractivity contribution in [3.63, 3.8) is 0 Å². The van der Waals surface area contributed by atoms with Crippen molar-refractivity contribution in [3.05, 3.63) is 23.1 Å². The number of anilines is 1. The molecular formula is C13H18FN3O. The highest BCUT2D eigenvalue weighted by Crippen LogP contribution is 2.35. The minimum Gasteiger partial charge on any atom is -0.387 e. The molecular weight excluding hydrogens is 233 g/mol. The molecule has 0 aliphatic carbocycles. The second kappa shape index (κ2) is 4.17. The van der Waals surface area contributed by atoms with E-state index >= 15 is 0 Å². The summed E-state index contributed by atoms with van der Waals surface area (Å²) < 4.78 is 13.8. The van der Waals surface area contributed by atoms with E-state index in [-0.39, 0.29) is 5.69 Å². The first-order valence-electron chi connectivity index (χ1n) is 6.44. The van der Waals surface area contributed by atoms with Gasteiger partial charge >= 0.3 is 0 Å². The van der Waals surface area contributed by atoms with E-state index in [4.69, 9.17) is 0 Å². The summed E-state index contributed by atoms with van der Waals surface area (Å²) in [5, 5.41) is 12.9. The lowest BCUT2D eigenvalue weighted by Crippen LogP contribution is -2.55. The number of hydrogen-bond donors (Lipinski definition) is 2. The molecule has 98 valence electrons. The Morgan fingerprint density at radius 3 is 3.06 bits per heavy atom. The topological polar surface area (TPSA) is 48.4 Å². The molecule has 1 saturated heterocycles. The van der Waals surface area contributed by atoms with Crippen LogP contribution < -0.4 is 10.2 Å². The number of piperazine rings is 1. The summed E-state index contributed by atoms with van der Waals surface area (Å²) in [6.45, 7) is 5.51. The van der Waals surface area contributed by atoms with Crippen LogP contribution in [0.5, 0.6) is 0 Å². The van der Waals surface area contributed by atoms with Gasteiger partial charge in [-0.15, -0.1) is 0 Å². The highest BCUT2D eigenvalue weighted by molar-refractivity contribution is 5.56. The Kier molecular flexibility index (Phi) is 2.75. The smallest absolute Gasteiger partial charge is 0.147 e. The average molecular weight is 251 g/mol. The van der Waals surface area contributed by atoms with Crippen LogP contribution in [-0.4, -0.2) is 35.3 Å². The highest BCUT2D eigenvalue weighted by atomic mass is 19.1. The summed E-state index contributed by atoms with van der Waals surface area (Å²) in [7, 11) is 0. The molecule has 2 aliphatic heterocycles. The van der Waals surface area contributed by atoms with Crippen molar-refractivity contribution in [3.8, 4) is 0 Å². The molecule has 1 aromatic rings. The quantitative estimate of drug-likeness (QED) is 0.781. The van der Waals surface area contributed by atoms with E-state index in [0.717, 1.165) is 30.9 Å². The third kappa shape index (κ3) is 1.69. The maximum atomic E-state index is 13.8. The Morgan fingerprint density at radius 1 is 1.56 bits per heavy atom. The number of hydrogen-bond acceptors (Lipinski definition) is 4. The van der Waals surface area contributed by atoms with Crippen LogP contribution in [0.15, 0.2) is 6.07 Å². The third-order valence-electron chi connectivity index (χ3n) is 3.84. The summed E-state index contributed by atoms with van der Waals surface area (Å²) in [5.41, 5.74) is 1.11. The van der Waals surface area contributed by atoms with Gasteiger partial charge in [0.05, 0.1) is 6.10 Å². The van der Waals surface area contributed by atoms with Crippen LogP contribution >= 0.6 is 0 Å². The standard InChI is InChI=1S/C13H18FN3O/c1-7-5-15-6-10-3-9-4-11(14)12(8(2)18)16-13(9)17(7)10/h4,7-8,10,15,18H,3,5-6H2,1-2H3/t7-,8?,10-/m1/s1. The fourth-order valence-corrected chi connectivity index (χ4v) is 3.02. The van der Waals surface area contributed by atoms with Gasteiger partial charge in [0.1, 0.15) is 17.3 Å². The molecule has 1 fully saturated rings. The Bertz CT molecular complexity index is 478. The minimum atomic E-state index is -0.868. The molecule has 0 bridgehead atoms. The molecule has 1 aromatic heterocycles. The molecule has 0 aromatic carbocycles. The van der Waals surface area contributed by atoms with E-state index in [1.165, 1.54) is 6.07 Å². The fraction of sp³-hybridized carbons (Fsp3) is 0.615. The first kappa shape index (κ1) is 11.9. The maximum absolute atomic E-state index is 13.8. The monoisotopic (exact) mass is 251 g/mol. The molecule has 0 radical (unpaired) electrons. The predicted molar refractivity (Wildman–Crippen MR) is 67.1 cm³/mol. The van der Waals surface area contributed by atoms with Gasteiger partial charge in [0.25, 0.3) is 0 Å². The maximum Gasteiger partial charge on any atom is 0.147 e. The van der Waals surface area contributed by atoms with E-state index in [9.17, 15) is 9.50 Å². The van der Waals surface area contributed by atoms with E-state index in [1.54, 1.807) is 6.92 Å². The van der Waals surface area contributed by atoms with Gasteiger partial charge in [-0.3, -0.25) is 0 Å². The van der Waals surface area contributed by atoms with Crippen molar-refractivity contribution in [1.29, 1.82) is 0 Å². The van der Waals surface area contributed by atoms with Crippen molar-refractivity contribution >= 4 is 5.82 Å². The van der Waals surface area contributed by atoms with Crippen LogP contribution in [0.4, 0.5) is 10.2 Å². The van der Waals surface area contributed by atoms with E-state index < -0.39 is 11.9 Å². The van der Waals surface area contributed by atoms with Gasteiger partial charge in [-0.25, -0.2) is 9.37 Å². The number of aliphatic hydroxyl groups is 1. The van der Waals surface area contributed by atoms with Crippen molar-refractivity contribution < 1.29 is 9.50 Å². The molecule has 0 spiro atoms. The van der Waals surface area contributed by atoms with Crippen molar-refractivity contribution in [2.75, 3.05) is 18.0 Å². The predicted octanol–water partition coefficient (Wildman–Crippen LogP) is 0.997.